The van der Waals surface area contributed by atoms with Gasteiger partial charge in [-0.25, -0.2) is 13.6 Å². The van der Waals surface area contributed by atoms with Crippen molar-refractivity contribution >= 4 is 33.3 Å². The van der Waals surface area contributed by atoms with Crippen molar-refractivity contribution in [3.63, 3.8) is 0 Å². The third-order valence-electron chi connectivity index (χ3n) is 4.21. The fraction of sp³-hybridized carbons (Fsp3) is 0.136. The number of amides is 1. The van der Waals surface area contributed by atoms with Crippen LogP contribution in [0.1, 0.15) is 16.0 Å². The molecule has 0 aliphatic rings. The van der Waals surface area contributed by atoms with Crippen LogP contribution in [0.25, 0.3) is 6.08 Å². The predicted octanol–water partition coefficient (Wildman–Crippen LogP) is 3.35. The summed E-state index contributed by atoms with van der Waals surface area (Å²) in [5, 5.41) is 10.1. The molecule has 0 saturated carbocycles. The first-order valence-corrected chi connectivity index (χ1v) is 11.7. The summed E-state index contributed by atoms with van der Waals surface area (Å²) in [5.41, 5.74) is 1.65. The summed E-state index contributed by atoms with van der Waals surface area (Å²) >= 11 is 1.55. The number of carbonyl (C=O) groups is 1. The summed E-state index contributed by atoms with van der Waals surface area (Å²) in [6.45, 7) is 0.594. The van der Waals surface area contributed by atoms with Crippen LogP contribution in [-0.2, 0) is 27.8 Å². The maximum absolute atomic E-state index is 12.0. The Kier molecular flexibility index (Phi) is 7.40. The van der Waals surface area contributed by atoms with Crippen LogP contribution in [-0.4, -0.2) is 20.9 Å². The number of rotatable bonds is 9. The fourth-order valence-electron chi connectivity index (χ4n) is 2.72. The molecule has 0 fully saturated rings. The van der Waals surface area contributed by atoms with Gasteiger partial charge in [-0.05, 0) is 47.2 Å². The lowest BCUT2D eigenvalue weighted by atomic mass is 10.1. The van der Waals surface area contributed by atoms with Gasteiger partial charge in [-0.1, -0.05) is 42.5 Å². The topological polar surface area (TPSA) is 98.5 Å². The van der Waals surface area contributed by atoms with Crippen LogP contribution in [0.2, 0.25) is 0 Å². The first kappa shape index (κ1) is 21.8. The van der Waals surface area contributed by atoms with E-state index in [1.807, 2.05) is 47.8 Å². The van der Waals surface area contributed by atoms with Crippen molar-refractivity contribution in [2.45, 2.75) is 17.9 Å². The van der Waals surface area contributed by atoms with Crippen molar-refractivity contribution in [3.05, 3.63) is 88.1 Å². The van der Waals surface area contributed by atoms with Gasteiger partial charge in [0.1, 0.15) is 17.3 Å². The van der Waals surface area contributed by atoms with Crippen molar-refractivity contribution in [2.24, 2.45) is 5.14 Å². The molecule has 156 valence electrons. The summed E-state index contributed by atoms with van der Waals surface area (Å²) in [4.78, 5) is 12.8. The van der Waals surface area contributed by atoms with E-state index in [4.69, 9.17) is 9.88 Å². The van der Waals surface area contributed by atoms with E-state index in [9.17, 15) is 13.2 Å². The van der Waals surface area contributed by atoms with Crippen LogP contribution >= 0.6 is 11.3 Å². The number of carbonyl (C=O) groups excluding carboxylic acids is 1. The number of ether oxygens (including phenoxy) is 1. The Labute approximate surface area is 180 Å². The van der Waals surface area contributed by atoms with Crippen LogP contribution in [0, 0.1) is 0 Å². The van der Waals surface area contributed by atoms with Gasteiger partial charge in [-0.15, -0.1) is 11.3 Å². The van der Waals surface area contributed by atoms with Crippen LogP contribution in [0.5, 0.6) is 5.75 Å². The summed E-state index contributed by atoms with van der Waals surface area (Å²) in [5.74, 6) is -0.00842. The highest BCUT2D eigenvalue weighted by Gasteiger charge is 2.16. The van der Waals surface area contributed by atoms with E-state index in [2.05, 4.69) is 5.32 Å². The molecule has 30 heavy (non-hydrogen) atoms. The summed E-state index contributed by atoms with van der Waals surface area (Å²) < 4.78 is 29.7. The third-order valence-corrected chi connectivity index (χ3v) is 5.98. The molecule has 0 bridgehead atoms. The number of nitrogens with two attached hydrogens (primary N) is 1. The van der Waals surface area contributed by atoms with Crippen LogP contribution in [0.4, 0.5) is 0 Å². The molecule has 1 heterocycles. The highest BCUT2D eigenvalue weighted by molar-refractivity contribution is 7.89. The zero-order valence-electron chi connectivity index (χ0n) is 16.2. The molecule has 0 atom stereocenters. The number of primary sulfonamides is 1. The molecule has 6 nitrogen and oxygen atoms in total. The second kappa shape index (κ2) is 10.2. The van der Waals surface area contributed by atoms with Gasteiger partial charge < -0.3 is 10.1 Å². The Balaban J connectivity index is 1.60. The number of benzene rings is 2. The number of nitrogens with one attached hydrogen (secondary N) is 1. The Morgan fingerprint density at radius 3 is 2.57 bits per heavy atom. The molecule has 1 amide bonds. The highest BCUT2D eigenvalue weighted by Crippen LogP contribution is 2.25. The van der Waals surface area contributed by atoms with E-state index in [1.165, 1.54) is 12.1 Å². The molecule has 3 N–H and O–H groups in total. The van der Waals surface area contributed by atoms with Gasteiger partial charge in [-0.2, -0.15) is 0 Å². The maximum Gasteiger partial charge on any atom is 0.244 e. The molecular formula is C22H22N2O4S2. The van der Waals surface area contributed by atoms with E-state index < -0.39 is 10.0 Å². The van der Waals surface area contributed by atoms with Gasteiger partial charge in [0.2, 0.25) is 15.9 Å². The second-order valence-electron chi connectivity index (χ2n) is 6.49. The summed E-state index contributed by atoms with van der Waals surface area (Å²) in [6, 6.07) is 18.1. The summed E-state index contributed by atoms with van der Waals surface area (Å²) in [6.07, 6.45) is 3.68. The van der Waals surface area contributed by atoms with E-state index in [0.717, 1.165) is 16.0 Å². The van der Waals surface area contributed by atoms with E-state index in [1.54, 1.807) is 29.5 Å². The largest absolute Gasteiger partial charge is 0.487 e. The maximum atomic E-state index is 12.0. The van der Waals surface area contributed by atoms with Crippen molar-refractivity contribution < 1.29 is 17.9 Å². The average Bonchev–Trinajstić information content (AvgIpc) is 3.25. The van der Waals surface area contributed by atoms with E-state index >= 15 is 0 Å². The van der Waals surface area contributed by atoms with Crippen molar-refractivity contribution in [1.82, 2.24) is 5.32 Å². The lowest BCUT2D eigenvalue weighted by molar-refractivity contribution is -0.116. The smallest absolute Gasteiger partial charge is 0.244 e. The Bertz CT molecular complexity index is 1110. The number of hydrogen-bond donors (Lipinski definition) is 2. The lowest BCUT2D eigenvalue weighted by Gasteiger charge is -2.12. The van der Waals surface area contributed by atoms with Crippen LogP contribution in [0.15, 0.2) is 77.0 Å². The van der Waals surface area contributed by atoms with Gasteiger partial charge in [0, 0.05) is 17.5 Å². The van der Waals surface area contributed by atoms with Crippen LogP contribution < -0.4 is 15.2 Å². The molecule has 0 saturated heterocycles. The second-order valence-corrected chi connectivity index (χ2v) is 9.00. The fourth-order valence-corrected chi connectivity index (χ4v) is 4.06. The summed E-state index contributed by atoms with van der Waals surface area (Å²) in [7, 11) is -3.96. The molecule has 3 aromatic rings. The van der Waals surface area contributed by atoms with Crippen LogP contribution in [0.3, 0.4) is 0 Å². The van der Waals surface area contributed by atoms with Crippen molar-refractivity contribution in [1.29, 1.82) is 0 Å². The quantitative estimate of drug-likeness (QED) is 0.497. The van der Waals surface area contributed by atoms with Gasteiger partial charge in [0.25, 0.3) is 0 Å². The molecule has 0 radical (unpaired) electrons. The van der Waals surface area contributed by atoms with Gasteiger partial charge in [0.15, 0.2) is 0 Å². The number of thiophene rings is 1. The molecule has 0 aliphatic carbocycles. The Hall–Kier alpha value is -2.94. The monoisotopic (exact) mass is 442 g/mol. The minimum atomic E-state index is -3.96. The Morgan fingerprint density at radius 1 is 1.07 bits per heavy atom. The number of hydrogen-bond acceptors (Lipinski definition) is 5. The Morgan fingerprint density at radius 2 is 1.87 bits per heavy atom. The first-order chi connectivity index (χ1) is 14.4. The molecule has 2 aromatic carbocycles. The minimum absolute atomic E-state index is 0.0696. The lowest BCUT2D eigenvalue weighted by Crippen LogP contribution is -2.23. The minimum Gasteiger partial charge on any atom is -0.487 e. The van der Waals surface area contributed by atoms with E-state index in [0.29, 0.717) is 13.0 Å². The van der Waals surface area contributed by atoms with Gasteiger partial charge in [-0.3, -0.25) is 4.79 Å². The molecule has 0 aliphatic heterocycles. The van der Waals surface area contributed by atoms with E-state index in [-0.39, 0.29) is 23.2 Å². The standard InChI is InChI=1S/C22H22N2O4S2/c23-30(26,27)21-15-17(8-10-20(21)28-16-18-5-2-1-3-6-18)12-13-24-22(25)11-9-19-7-4-14-29-19/h1-11,14-15H,12-13,16H2,(H,24,25)(H2,23,26,27)/b11-9+. The van der Waals surface area contributed by atoms with Gasteiger partial charge in [0.05, 0.1) is 0 Å². The average molecular weight is 443 g/mol. The normalized spacial score (nSPS) is 11.5. The SMILES string of the molecule is NS(=O)(=O)c1cc(CCNC(=O)/C=C/c2cccs2)ccc1OCc1ccccc1. The molecule has 3 rings (SSSR count). The zero-order valence-corrected chi connectivity index (χ0v) is 17.8. The third kappa shape index (κ3) is 6.55. The van der Waals surface area contributed by atoms with Gasteiger partial charge >= 0.3 is 0 Å². The molecule has 0 unspecified atom stereocenters. The number of sulfonamides is 1. The zero-order chi connectivity index (χ0) is 21.4. The molecular weight excluding hydrogens is 420 g/mol. The molecule has 8 heteroatoms. The predicted molar refractivity (Wildman–Crippen MR) is 119 cm³/mol. The molecule has 1 aromatic heterocycles. The first-order valence-electron chi connectivity index (χ1n) is 9.24. The molecule has 0 spiro atoms. The highest BCUT2D eigenvalue weighted by atomic mass is 32.2. The van der Waals surface area contributed by atoms with Crippen molar-refractivity contribution in [2.75, 3.05) is 6.54 Å². The van der Waals surface area contributed by atoms with Crippen molar-refractivity contribution in [3.8, 4) is 5.75 Å².